The number of nitrogens with zero attached hydrogens (tertiary/aromatic N) is 1. The fourth-order valence-corrected chi connectivity index (χ4v) is 2.07. The Morgan fingerprint density at radius 1 is 1.21 bits per heavy atom. The van der Waals surface area contributed by atoms with Gasteiger partial charge in [0.05, 0.1) is 5.56 Å². The van der Waals surface area contributed by atoms with E-state index in [-0.39, 0.29) is 0 Å². The molecule has 2 nitrogen and oxygen atoms in total. The highest BCUT2D eigenvalue weighted by molar-refractivity contribution is 6.31. The SMILES string of the molecule is CCc1cc(Oc2cc(C)ccc2C#N)ccc1Cl. The third-order valence-corrected chi connectivity index (χ3v) is 3.25. The van der Waals surface area contributed by atoms with Crippen molar-refractivity contribution in [3.05, 3.63) is 58.1 Å². The maximum absolute atomic E-state index is 9.08. The Morgan fingerprint density at radius 2 is 2.00 bits per heavy atom. The molecule has 0 aliphatic heterocycles. The minimum absolute atomic E-state index is 0.526. The monoisotopic (exact) mass is 271 g/mol. The molecule has 19 heavy (non-hydrogen) atoms. The van der Waals surface area contributed by atoms with Gasteiger partial charge < -0.3 is 4.74 Å². The molecular formula is C16H14ClNO. The molecule has 2 aromatic carbocycles. The van der Waals surface area contributed by atoms with Crippen molar-refractivity contribution in [2.24, 2.45) is 0 Å². The Labute approximate surface area is 118 Å². The van der Waals surface area contributed by atoms with Crippen LogP contribution in [0.5, 0.6) is 11.5 Å². The van der Waals surface area contributed by atoms with Gasteiger partial charge in [-0.15, -0.1) is 0 Å². The first kappa shape index (κ1) is 13.5. The van der Waals surface area contributed by atoms with E-state index in [2.05, 4.69) is 6.07 Å². The maximum Gasteiger partial charge on any atom is 0.145 e. The van der Waals surface area contributed by atoms with Gasteiger partial charge in [-0.05, 0) is 54.8 Å². The van der Waals surface area contributed by atoms with Gasteiger partial charge in [0.2, 0.25) is 0 Å². The Bertz CT molecular complexity index is 644. The van der Waals surface area contributed by atoms with Gasteiger partial charge in [-0.25, -0.2) is 0 Å². The van der Waals surface area contributed by atoms with Crippen LogP contribution in [0.25, 0.3) is 0 Å². The minimum Gasteiger partial charge on any atom is -0.456 e. The third-order valence-electron chi connectivity index (χ3n) is 2.88. The number of nitriles is 1. The molecule has 0 N–H and O–H groups in total. The number of aryl methyl sites for hydroxylation is 2. The zero-order chi connectivity index (χ0) is 13.8. The highest BCUT2D eigenvalue weighted by Crippen LogP contribution is 2.29. The molecular weight excluding hydrogens is 258 g/mol. The first-order valence-electron chi connectivity index (χ1n) is 6.11. The highest BCUT2D eigenvalue weighted by Gasteiger charge is 2.07. The van der Waals surface area contributed by atoms with E-state index in [0.717, 1.165) is 22.6 Å². The molecule has 0 bridgehead atoms. The van der Waals surface area contributed by atoms with Gasteiger partial charge >= 0.3 is 0 Å². The van der Waals surface area contributed by atoms with Crippen LogP contribution in [0.1, 0.15) is 23.6 Å². The molecule has 0 radical (unpaired) electrons. The van der Waals surface area contributed by atoms with Gasteiger partial charge in [0.1, 0.15) is 17.6 Å². The van der Waals surface area contributed by atoms with Gasteiger partial charge in [0, 0.05) is 5.02 Å². The summed E-state index contributed by atoms with van der Waals surface area (Å²) in [5, 5.41) is 9.82. The molecule has 0 unspecified atom stereocenters. The van der Waals surface area contributed by atoms with E-state index in [1.54, 1.807) is 6.07 Å². The summed E-state index contributed by atoms with van der Waals surface area (Å²) in [6.07, 6.45) is 0.842. The van der Waals surface area contributed by atoms with Gasteiger partial charge in [-0.2, -0.15) is 5.26 Å². The number of benzene rings is 2. The number of halogens is 1. The summed E-state index contributed by atoms with van der Waals surface area (Å²) in [5.74, 6) is 1.27. The normalized spacial score (nSPS) is 10.0. The maximum atomic E-state index is 9.08. The van der Waals surface area contributed by atoms with Crippen molar-refractivity contribution >= 4 is 11.6 Å². The van der Waals surface area contributed by atoms with Crippen molar-refractivity contribution in [1.29, 1.82) is 5.26 Å². The number of hydrogen-bond acceptors (Lipinski definition) is 2. The largest absolute Gasteiger partial charge is 0.456 e. The van der Waals surface area contributed by atoms with Crippen molar-refractivity contribution in [3.8, 4) is 17.6 Å². The molecule has 0 aromatic heterocycles. The van der Waals surface area contributed by atoms with Crippen LogP contribution in [0.4, 0.5) is 0 Å². The van der Waals surface area contributed by atoms with Crippen molar-refractivity contribution in [3.63, 3.8) is 0 Å². The first-order chi connectivity index (χ1) is 9.13. The van der Waals surface area contributed by atoms with E-state index < -0.39 is 0 Å². The van der Waals surface area contributed by atoms with Crippen molar-refractivity contribution in [2.45, 2.75) is 20.3 Å². The third kappa shape index (κ3) is 3.07. The highest BCUT2D eigenvalue weighted by atomic mass is 35.5. The van der Waals surface area contributed by atoms with E-state index in [4.69, 9.17) is 21.6 Å². The van der Waals surface area contributed by atoms with E-state index in [0.29, 0.717) is 17.1 Å². The lowest BCUT2D eigenvalue weighted by Gasteiger charge is -2.10. The zero-order valence-corrected chi connectivity index (χ0v) is 11.7. The van der Waals surface area contributed by atoms with E-state index in [9.17, 15) is 0 Å². The number of hydrogen-bond donors (Lipinski definition) is 0. The second kappa shape index (κ2) is 5.77. The fourth-order valence-electron chi connectivity index (χ4n) is 1.82. The van der Waals surface area contributed by atoms with Gasteiger partial charge in [-0.1, -0.05) is 24.6 Å². The number of rotatable bonds is 3. The standard InChI is InChI=1S/C16H14ClNO/c1-3-12-9-14(6-7-15(12)17)19-16-8-11(2)4-5-13(16)10-18/h4-9H,3H2,1-2H3. The molecule has 0 heterocycles. The molecule has 2 aromatic rings. The van der Waals surface area contributed by atoms with Crippen LogP contribution in [0, 0.1) is 18.3 Å². The minimum atomic E-state index is 0.526. The van der Waals surface area contributed by atoms with Crippen LogP contribution in [0.15, 0.2) is 36.4 Å². The average molecular weight is 272 g/mol. The molecule has 0 amide bonds. The van der Waals surface area contributed by atoms with Crippen molar-refractivity contribution in [2.75, 3.05) is 0 Å². The van der Waals surface area contributed by atoms with Crippen LogP contribution in [0.3, 0.4) is 0 Å². The zero-order valence-electron chi connectivity index (χ0n) is 10.9. The molecule has 0 spiro atoms. The topological polar surface area (TPSA) is 33.0 Å². The molecule has 0 aliphatic carbocycles. The summed E-state index contributed by atoms with van der Waals surface area (Å²) in [4.78, 5) is 0. The smallest absolute Gasteiger partial charge is 0.145 e. The summed E-state index contributed by atoms with van der Waals surface area (Å²) in [6.45, 7) is 4.01. The first-order valence-corrected chi connectivity index (χ1v) is 6.49. The predicted molar refractivity (Wildman–Crippen MR) is 76.8 cm³/mol. The lowest BCUT2D eigenvalue weighted by Crippen LogP contribution is -1.91. The lowest BCUT2D eigenvalue weighted by molar-refractivity contribution is 0.480. The van der Waals surface area contributed by atoms with Gasteiger partial charge in [-0.3, -0.25) is 0 Å². The summed E-state index contributed by atoms with van der Waals surface area (Å²) in [5.41, 5.74) is 2.61. The molecule has 0 fully saturated rings. The van der Waals surface area contributed by atoms with Crippen LogP contribution >= 0.6 is 11.6 Å². The lowest BCUT2D eigenvalue weighted by atomic mass is 10.1. The Kier molecular flexibility index (Phi) is 4.09. The molecule has 96 valence electrons. The molecule has 3 heteroatoms. The summed E-state index contributed by atoms with van der Waals surface area (Å²) < 4.78 is 5.80. The molecule has 0 saturated carbocycles. The van der Waals surface area contributed by atoms with Crippen molar-refractivity contribution < 1.29 is 4.74 Å². The summed E-state index contributed by atoms with van der Waals surface area (Å²) in [7, 11) is 0. The van der Waals surface area contributed by atoms with Crippen LogP contribution in [-0.2, 0) is 6.42 Å². The van der Waals surface area contributed by atoms with Crippen molar-refractivity contribution in [1.82, 2.24) is 0 Å². The predicted octanol–water partition coefficient (Wildman–Crippen LogP) is 4.87. The second-order valence-corrected chi connectivity index (χ2v) is 4.73. The van der Waals surface area contributed by atoms with E-state index in [1.165, 1.54) is 0 Å². The van der Waals surface area contributed by atoms with Crippen LogP contribution < -0.4 is 4.74 Å². The molecule has 0 atom stereocenters. The van der Waals surface area contributed by atoms with E-state index in [1.807, 2.05) is 44.2 Å². The van der Waals surface area contributed by atoms with Crippen LogP contribution in [0.2, 0.25) is 5.02 Å². The van der Waals surface area contributed by atoms with E-state index >= 15 is 0 Å². The molecule has 0 aliphatic rings. The Morgan fingerprint density at radius 3 is 2.68 bits per heavy atom. The second-order valence-electron chi connectivity index (χ2n) is 4.32. The molecule has 2 rings (SSSR count). The number of ether oxygens (including phenoxy) is 1. The van der Waals surface area contributed by atoms with Gasteiger partial charge in [0.15, 0.2) is 0 Å². The average Bonchev–Trinajstić information content (AvgIpc) is 2.41. The quantitative estimate of drug-likeness (QED) is 0.797. The molecule has 0 saturated heterocycles. The Hall–Kier alpha value is -1.98. The summed E-state index contributed by atoms with van der Waals surface area (Å²) in [6, 6.07) is 13.2. The van der Waals surface area contributed by atoms with Gasteiger partial charge in [0.25, 0.3) is 0 Å². The van der Waals surface area contributed by atoms with Crippen LogP contribution in [-0.4, -0.2) is 0 Å². The summed E-state index contributed by atoms with van der Waals surface area (Å²) >= 11 is 6.08. The fraction of sp³-hybridized carbons (Fsp3) is 0.188. The Balaban J connectivity index is 2.36.